The van der Waals surface area contributed by atoms with E-state index in [1.165, 1.54) is 11.1 Å². The molecule has 3 aromatic carbocycles. The van der Waals surface area contributed by atoms with Crippen LogP contribution in [-0.2, 0) is 29.0 Å². The van der Waals surface area contributed by atoms with Crippen LogP contribution < -0.4 is 21.9 Å². The Hall–Kier alpha value is -4.83. The number of hydrogen-bond acceptors (Lipinski definition) is 6. The number of fused-ring (bicyclic) bond motifs is 2. The van der Waals surface area contributed by atoms with Gasteiger partial charge in [0, 0.05) is 60.7 Å². The van der Waals surface area contributed by atoms with Gasteiger partial charge >= 0.3 is 0 Å². The summed E-state index contributed by atoms with van der Waals surface area (Å²) in [6.45, 7) is 4.02. The van der Waals surface area contributed by atoms with Gasteiger partial charge in [-0.1, -0.05) is 66.2 Å². The zero-order valence-corrected chi connectivity index (χ0v) is 29.4. The minimum absolute atomic E-state index is 0.0759. The molecule has 3 atom stereocenters. The Morgan fingerprint density at radius 1 is 0.961 bits per heavy atom. The van der Waals surface area contributed by atoms with Crippen LogP contribution in [0.3, 0.4) is 0 Å². The standard InChI is InChI=1S/C41H41ClN6O3/c1-24-32(27-14-16-48-37(20-27)45-22-29(41(48)51)21-44-23-30-12-13-38(49)46-30)5-2-6-33(24)35-8-3-7-34(39(35)42)26-11-10-25-18-31(19-28(25)17-26)47-15-4-9-36(47)40(43)50/h2-3,5-8,10-11,14,16-17,20,22,30-31,36,44H,4,9,12-13,15,18-19,21,23H2,1H3,(H2,43,50)(H,46,49)/t30-,31+,36?/m1/s1. The van der Waals surface area contributed by atoms with Crippen molar-refractivity contribution in [2.45, 2.75) is 70.1 Å². The maximum absolute atomic E-state index is 13.3. The van der Waals surface area contributed by atoms with Crippen LogP contribution in [0.1, 0.15) is 47.9 Å². The fraction of sp³-hybridized carbons (Fsp3) is 0.317. The van der Waals surface area contributed by atoms with Crippen molar-refractivity contribution in [2.24, 2.45) is 5.73 Å². The molecule has 3 aliphatic rings. The minimum atomic E-state index is -0.216. The van der Waals surface area contributed by atoms with E-state index in [-0.39, 0.29) is 29.5 Å². The molecule has 8 rings (SSSR count). The van der Waals surface area contributed by atoms with Crippen molar-refractivity contribution in [3.05, 3.63) is 117 Å². The highest BCUT2D eigenvalue weighted by molar-refractivity contribution is 6.36. The lowest BCUT2D eigenvalue weighted by Crippen LogP contribution is -2.46. The molecule has 51 heavy (non-hydrogen) atoms. The molecule has 5 aromatic rings. The Morgan fingerprint density at radius 3 is 2.53 bits per heavy atom. The van der Waals surface area contributed by atoms with Crippen LogP contribution in [0.2, 0.25) is 5.02 Å². The predicted molar refractivity (Wildman–Crippen MR) is 201 cm³/mol. The molecule has 1 unspecified atom stereocenters. The van der Waals surface area contributed by atoms with Crippen LogP contribution in [0.25, 0.3) is 39.0 Å². The van der Waals surface area contributed by atoms with Gasteiger partial charge in [-0.2, -0.15) is 0 Å². The Labute approximate surface area is 301 Å². The first-order valence-electron chi connectivity index (χ1n) is 17.8. The highest BCUT2D eigenvalue weighted by Crippen LogP contribution is 2.41. The van der Waals surface area contributed by atoms with E-state index in [9.17, 15) is 14.4 Å². The molecule has 4 N–H and O–H groups in total. The van der Waals surface area contributed by atoms with Crippen LogP contribution in [0, 0.1) is 6.92 Å². The van der Waals surface area contributed by atoms with E-state index < -0.39 is 0 Å². The lowest BCUT2D eigenvalue weighted by Gasteiger charge is -2.28. The molecule has 0 bridgehead atoms. The van der Waals surface area contributed by atoms with Gasteiger partial charge < -0.3 is 16.4 Å². The SMILES string of the molecule is Cc1c(-c2ccn3c(=O)c(CNC[C@H]4CCC(=O)N4)cnc3c2)cccc1-c1cccc(-c2ccc3c(c2)C[C@@H](N2CCCC2C(N)=O)C3)c1Cl. The molecule has 260 valence electrons. The van der Waals surface area contributed by atoms with E-state index in [2.05, 4.69) is 76.0 Å². The fourth-order valence-corrected chi connectivity index (χ4v) is 8.68. The summed E-state index contributed by atoms with van der Waals surface area (Å²) in [4.78, 5) is 43.8. The number of aromatic nitrogens is 2. The van der Waals surface area contributed by atoms with Crippen LogP contribution >= 0.6 is 11.6 Å². The average molecular weight is 701 g/mol. The molecule has 2 amide bonds. The third kappa shape index (κ3) is 6.35. The van der Waals surface area contributed by atoms with Gasteiger partial charge in [0.1, 0.15) is 5.65 Å². The monoisotopic (exact) mass is 700 g/mol. The van der Waals surface area contributed by atoms with Gasteiger partial charge in [0.2, 0.25) is 11.8 Å². The highest BCUT2D eigenvalue weighted by atomic mass is 35.5. The molecular formula is C41H41ClN6O3. The maximum atomic E-state index is 13.3. The van der Waals surface area contributed by atoms with Gasteiger partial charge in [-0.3, -0.25) is 23.7 Å². The smallest absolute Gasteiger partial charge is 0.262 e. The summed E-state index contributed by atoms with van der Waals surface area (Å²) in [6, 6.07) is 23.2. The first-order chi connectivity index (χ1) is 24.7. The van der Waals surface area contributed by atoms with Crippen molar-refractivity contribution < 1.29 is 9.59 Å². The number of carbonyl (C=O) groups excluding carboxylic acids is 2. The van der Waals surface area contributed by atoms with Crippen molar-refractivity contribution in [2.75, 3.05) is 13.1 Å². The normalized spacial score (nSPS) is 20.2. The van der Waals surface area contributed by atoms with Crippen LogP contribution in [0.5, 0.6) is 0 Å². The highest BCUT2D eigenvalue weighted by Gasteiger charge is 2.37. The Balaban J connectivity index is 1.04. The molecule has 2 aliphatic heterocycles. The summed E-state index contributed by atoms with van der Waals surface area (Å²) in [5, 5.41) is 6.93. The van der Waals surface area contributed by atoms with Crippen molar-refractivity contribution in [3.63, 3.8) is 0 Å². The number of amides is 2. The van der Waals surface area contributed by atoms with Crippen LogP contribution in [0.4, 0.5) is 0 Å². The molecule has 0 radical (unpaired) electrons. The third-order valence-corrected chi connectivity index (χ3v) is 11.4. The largest absolute Gasteiger partial charge is 0.368 e. The number of hydrogen-bond donors (Lipinski definition) is 3. The van der Waals surface area contributed by atoms with Gasteiger partial charge in [0.05, 0.1) is 11.1 Å². The summed E-state index contributed by atoms with van der Waals surface area (Å²) in [7, 11) is 0. The van der Waals surface area contributed by atoms with E-state index in [4.69, 9.17) is 17.3 Å². The number of carbonyl (C=O) groups is 2. The molecule has 0 spiro atoms. The summed E-state index contributed by atoms with van der Waals surface area (Å²) in [6.07, 6.45) is 8.46. The third-order valence-electron chi connectivity index (χ3n) is 11.0. The van der Waals surface area contributed by atoms with E-state index in [1.807, 2.05) is 18.2 Å². The summed E-state index contributed by atoms with van der Waals surface area (Å²) < 4.78 is 1.58. The van der Waals surface area contributed by atoms with Gasteiger partial charge in [-0.15, -0.1) is 0 Å². The second kappa shape index (κ2) is 13.7. The molecule has 2 fully saturated rings. The molecule has 2 saturated heterocycles. The Kier molecular flexibility index (Phi) is 8.96. The first kappa shape index (κ1) is 33.3. The quantitative estimate of drug-likeness (QED) is 0.188. The first-order valence-corrected chi connectivity index (χ1v) is 18.2. The van der Waals surface area contributed by atoms with E-state index in [1.54, 1.807) is 16.8 Å². The molecule has 2 aromatic heterocycles. The van der Waals surface area contributed by atoms with Crippen LogP contribution in [0.15, 0.2) is 83.9 Å². The number of primary amides is 1. The van der Waals surface area contributed by atoms with E-state index in [0.29, 0.717) is 41.8 Å². The number of benzene rings is 3. The lowest BCUT2D eigenvalue weighted by molar-refractivity contribution is -0.123. The maximum Gasteiger partial charge on any atom is 0.262 e. The second-order valence-electron chi connectivity index (χ2n) is 14.2. The number of likely N-dealkylation sites (tertiary alicyclic amines) is 1. The van der Waals surface area contributed by atoms with Crippen LogP contribution in [-0.4, -0.2) is 57.3 Å². The molecular weight excluding hydrogens is 660 g/mol. The molecule has 1 aliphatic carbocycles. The molecule has 0 saturated carbocycles. The number of nitrogens with two attached hydrogens (primary N) is 1. The number of nitrogens with one attached hydrogen (secondary N) is 2. The van der Waals surface area contributed by atoms with Crippen molar-refractivity contribution in [1.82, 2.24) is 24.9 Å². The fourth-order valence-electron chi connectivity index (χ4n) is 8.35. The second-order valence-corrected chi connectivity index (χ2v) is 14.5. The Morgan fingerprint density at radius 2 is 1.73 bits per heavy atom. The van der Waals surface area contributed by atoms with Crippen molar-refractivity contribution in [1.29, 1.82) is 0 Å². The topological polar surface area (TPSA) is 122 Å². The molecule has 9 nitrogen and oxygen atoms in total. The summed E-state index contributed by atoms with van der Waals surface area (Å²) in [5.41, 5.74) is 16.5. The summed E-state index contributed by atoms with van der Waals surface area (Å²) in [5.74, 6) is -0.140. The van der Waals surface area contributed by atoms with Gasteiger partial charge in [-0.25, -0.2) is 4.98 Å². The van der Waals surface area contributed by atoms with Gasteiger partial charge in [0.15, 0.2) is 0 Å². The minimum Gasteiger partial charge on any atom is -0.368 e. The molecule has 10 heteroatoms. The summed E-state index contributed by atoms with van der Waals surface area (Å²) >= 11 is 7.24. The Bertz CT molecular complexity index is 2250. The number of pyridine rings is 1. The van der Waals surface area contributed by atoms with Gasteiger partial charge in [0.25, 0.3) is 5.56 Å². The predicted octanol–water partition coefficient (Wildman–Crippen LogP) is 5.44. The van der Waals surface area contributed by atoms with Crippen molar-refractivity contribution in [3.8, 4) is 33.4 Å². The lowest BCUT2D eigenvalue weighted by atomic mass is 9.91. The zero-order chi connectivity index (χ0) is 35.2. The van der Waals surface area contributed by atoms with Crippen molar-refractivity contribution >= 4 is 29.1 Å². The van der Waals surface area contributed by atoms with E-state index >= 15 is 0 Å². The number of halogens is 1. The average Bonchev–Trinajstić information content (AvgIpc) is 3.89. The number of nitrogens with zero attached hydrogens (tertiary/aromatic N) is 3. The number of rotatable bonds is 9. The molecule has 4 heterocycles. The van der Waals surface area contributed by atoms with Gasteiger partial charge in [-0.05, 0) is 96.6 Å². The van der Waals surface area contributed by atoms with E-state index in [0.717, 1.165) is 77.6 Å². The zero-order valence-electron chi connectivity index (χ0n) is 28.6.